The van der Waals surface area contributed by atoms with Gasteiger partial charge in [-0.2, -0.15) is 0 Å². The Balaban J connectivity index is 1.45. The van der Waals surface area contributed by atoms with Gasteiger partial charge in [-0.3, -0.25) is 4.79 Å². The van der Waals surface area contributed by atoms with Gasteiger partial charge in [0, 0.05) is 16.7 Å². The number of carbonyl (C=O) groups is 1. The lowest BCUT2D eigenvalue weighted by atomic mass is 10.1. The lowest BCUT2D eigenvalue weighted by molar-refractivity contribution is 0.0940. The van der Waals surface area contributed by atoms with Crippen LogP contribution in [0, 0.1) is 5.82 Å². The minimum Gasteiger partial charge on any atom is -0.416 e. The summed E-state index contributed by atoms with van der Waals surface area (Å²) in [4.78, 5) is 12.5. The lowest BCUT2D eigenvalue weighted by Gasteiger charge is -2.14. The largest absolute Gasteiger partial charge is 0.416 e. The van der Waals surface area contributed by atoms with Crippen LogP contribution in [0.25, 0.3) is 22.9 Å². The minimum absolute atomic E-state index is 0.219. The average molecular weight is 387 g/mol. The van der Waals surface area contributed by atoms with Crippen LogP contribution in [0.4, 0.5) is 4.39 Å². The van der Waals surface area contributed by atoms with E-state index < -0.39 is 0 Å². The zero-order valence-electron chi connectivity index (χ0n) is 15.7. The van der Waals surface area contributed by atoms with Crippen molar-refractivity contribution in [3.8, 4) is 22.9 Å². The molecule has 0 aliphatic rings. The zero-order chi connectivity index (χ0) is 20.2. The summed E-state index contributed by atoms with van der Waals surface area (Å²) in [6.45, 7) is 1.85. The van der Waals surface area contributed by atoms with Crippen LogP contribution in [0.15, 0.2) is 83.3 Å². The molecule has 1 heterocycles. The molecule has 0 radical (unpaired) electrons. The molecule has 1 amide bonds. The van der Waals surface area contributed by atoms with Crippen molar-refractivity contribution in [1.82, 2.24) is 15.5 Å². The van der Waals surface area contributed by atoms with Gasteiger partial charge in [-0.1, -0.05) is 30.3 Å². The summed E-state index contributed by atoms with van der Waals surface area (Å²) in [7, 11) is 0. The third-order valence-electron chi connectivity index (χ3n) is 4.56. The molecule has 4 rings (SSSR count). The summed E-state index contributed by atoms with van der Waals surface area (Å²) in [5.41, 5.74) is 2.90. The first-order valence-corrected chi connectivity index (χ1v) is 9.16. The fourth-order valence-electron chi connectivity index (χ4n) is 2.92. The summed E-state index contributed by atoms with van der Waals surface area (Å²) in [6.07, 6.45) is 0. The summed E-state index contributed by atoms with van der Waals surface area (Å²) in [5, 5.41) is 11.1. The molecule has 1 atom stereocenters. The zero-order valence-corrected chi connectivity index (χ0v) is 15.7. The van der Waals surface area contributed by atoms with Gasteiger partial charge in [0.15, 0.2) is 0 Å². The number of benzene rings is 3. The van der Waals surface area contributed by atoms with E-state index in [9.17, 15) is 9.18 Å². The Hall–Kier alpha value is -3.80. The van der Waals surface area contributed by atoms with Gasteiger partial charge in [0.05, 0.1) is 6.04 Å². The number of aromatic nitrogens is 2. The number of hydrogen-bond donors (Lipinski definition) is 1. The van der Waals surface area contributed by atoms with E-state index in [1.807, 2.05) is 37.3 Å². The lowest BCUT2D eigenvalue weighted by Crippen LogP contribution is -2.26. The maximum Gasteiger partial charge on any atom is 0.251 e. The van der Waals surface area contributed by atoms with Crippen molar-refractivity contribution in [2.75, 3.05) is 0 Å². The number of amides is 1. The smallest absolute Gasteiger partial charge is 0.251 e. The van der Waals surface area contributed by atoms with Crippen LogP contribution < -0.4 is 5.32 Å². The molecule has 0 bridgehead atoms. The highest BCUT2D eigenvalue weighted by molar-refractivity contribution is 5.94. The van der Waals surface area contributed by atoms with Gasteiger partial charge in [0.2, 0.25) is 11.8 Å². The standard InChI is InChI=1S/C23H18FN3O2/c1-15(16-11-13-20(24)14-12-16)25-21(28)17-7-9-19(10-8-17)23-27-26-22(29-23)18-5-3-2-4-6-18/h2-15H,1H3,(H,25,28). The summed E-state index contributed by atoms with van der Waals surface area (Å²) in [6, 6.07) is 22.3. The van der Waals surface area contributed by atoms with E-state index >= 15 is 0 Å². The van der Waals surface area contributed by atoms with Gasteiger partial charge in [0.25, 0.3) is 5.91 Å². The first-order chi connectivity index (χ1) is 14.1. The Bertz CT molecular complexity index is 1110. The van der Waals surface area contributed by atoms with E-state index in [4.69, 9.17) is 4.42 Å². The van der Waals surface area contributed by atoms with Gasteiger partial charge < -0.3 is 9.73 Å². The second-order valence-electron chi connectivity index (χ2n) is 6.60. The van der Waals surface area contributed by atoms with E-state index in [1.54, 1.807) is 36.4 Å². The SMILES string of the molecule is CC(NC(=O)c1ccc(-c2nnc(-c3ccccc3)o2)cc1)c1ccc(F)cc1. The molecule has 0 fully saturated rings. The van der Waals surface area contributed by atoms with Crippen LogP contribution in [0.3, 0.4) is 0 Å². The monoisotopic (exact) mass is 387 g/mol. The number of nitrogens with zero attached hydrogens (tertiary/aromatic N) is 2. The van der Waals surface area contributed by atoms with Crippen molar-refractivity contribution < 1.29 is 13.6 Å². The third-order valence-corrected chi connectivity index (χ3v) is 4.56. The first kappa shape index (κ1) is 18.6. The Morgan fingerprint density at radius 3 is 2.07 bits per heavy atom. The molecule has 1 N–H and O–H groups in total. The normalized spacial score (nSPS) is 11.8. The highest BCUT2D eigenvalue weighted by Gasteiger charge is 2.14. The molecule has 1 aromatic heterocycles. The van der Waals surface area contributed by atoms with Crippen LogP contribution in [0.1, 0.15) is 28.9 Å². The average Bonchev–Trinajstić information content (AvgIpc) is 3.25. The van der Waals surface area contributed by atoms with Gasteiger partial charge in [-0.25, -0.2) is 4.39 Å². The number of carbonyl (C=O) groups excluding carboxylic acids is 1. The second kappa shape index (κ2) is 8.06. The Labute approximate surface area is 167 Å². The predicted octanol–water partition coefficient (Wildman–Crippen LogP) is 5.03. The molecule has 0 spiro atoms. The molecule has 0 saturated heterocycles. The van der Waals surface area contributed by atoms with Gasteiger partial charge in [-0.15, -0.1) is 10.2 Å². The molecule has 1 unspecified atom stereocenters. The fourth-order valence-corrected chi connectivity index (χ4v) is 2.92. The molecule has 0 aliphatic heterocycles. The summed E-state index contributed by atoms with van der Waals surface area (Å²) in [5.74, 6) is 0.300. The van der Waals surface area contributed by atoms with E-state index in [0.717, 1.165) is 16.7 Å². The van der Waals surface area contributed by atoms with Crippen molar-refractivity contribution >= 4 is 5.91 Å². The Morgan fingerprint density at radius 2 is 1.45 bits per heavy atom. The number of hydrogen-bond acceptors (Lipinski definition) is 4. The maximum atomic E-state index is 13.0. The fraction of sp³-hybridized carbons (Fsp3) is 0.0870. The molecule has 29 heavy (non-hydrogen) atoms. The molecular weight excluding hydrogens is 369 g/mol. The van der Waals surface area contributed by atoms with E-state index in [2.05, 4.69) is 15.5 Å². The Kier molecular flexibility index (Phi) is 5.16. The number of halogens is 1. The molecule has 4 aromatic rings. The second-order valence-corrected chi connectivity index (χ2v) is 6.60. The Morgan fingerprint density at radius 1 is 0.862 bits per heavy atom. The molecule has 0 aliphatic carbocycles. The third kappa shape index (κ3) is 4.21. The van der Waals surface area contributed by atoms with Crippen molar-refractivity contribution in [2.24, 2.45) is 0 Å². The molecule has 6 heteroatoms. The quantitative estimate of drug-likeness (QED) is 0.521. The van der Waals surface area contributed by atoms with E-state index in [1.165, 1.54) is 12.1 Å². The molecule has 3 aromatic carbocycles. The topological polar surface area (TPSA) is 68.0 Å². The molecule has 144 valence electrons. The van der Waals surface area contributed by atoms with Crippen molar-refractivity contribution in [3.63, 3.8) is 0 Å². The van der Waals surface area contributed by atoms with E-state index in [0.29, 0.717) is 17.3 Å². The highest BCUT2D eigenvalue weighted by atomic mass is 19.1. The highest BCUT2D eigenvalue weighted by Crippen LogP contribution is 2.24. The van der Waals surface area contributed by atoms with Crippen LogP contribution in [0.2, 0.25) is 0 Å². The summed E-state index contributed by atoms with van der Waals surface area (Å²) < 4.78 is 18.8. The van der Waals surface area contributed by atoms with Crippen LogP contribution >= 0.6 is 0 Å². The molecule has 0 saturated carbocycles. The van der Waals surface area contributed by atoms with Gasteiger partial charge >= 0.3 is 0 Å². The molecular formula is C23H18FN3O2. The van der Waals surface area contributed by atoms with Crippen LogP contribution in [-0.2, 0) is 0 Å². The van der Waals surface area contributed by atoms with E-state index in [-0.39, 0.29) is 17.8 Å². The van der Waals surface area contributed by atoms with Crippen molar-refractivity contribution in [2.45, 2.75) is 13.0 Å². The van der Waals surface area contributed by atoms with Gasteiger partial charge in [0.1, 0.15) is 5.82 Å². The van der Waals surface area contributed by atoms with Crippen LogP contribution in [-0.4, -0.2) is 16.1 Å². The van der Waals surface area contributed by atoms with Gasteiger partial charge in [-0.05, 0) is 61.0 Å². The maximum absolute atomic E-state index is 13.0. The minimum atomic E-state index is -0.306. The van der Waals surface area contributed by atoms with Crippen LogP contribution in [0.5, 0.6) is 0 Å². The summed E-state index contributed by atoms with van der Waals surface area (Å²) >= 11 is 0. The number of rotatable bonds is 5. The first-order valence-electron chi connectivity index (χ1n) is 9.16. The number of nitrogens with one attached hydrogen (secondary N) is 1. The van der Waals surface area contributed by atoms with Crippen molar-refractivity contribution in [3.05, 3.63) is 95.8 Å². The van der Waals surface area contributed by atoms with Crippen molar-refractivity contribution in [1.29, 1.82) is 0 Å². The predicted molar refractivity (Wildman–Crippen MR) is 107 cm³/mol. The molecule has 5 nitrogen and oxygen atoms in total.